The van der Waals surface area contributed by atoms with E-state index in [1.165, 1.54) is 13.8 Å². The fourth-order valence-corrected chi connectivity index (χ4v) is 1.59. The van der Waals surface area contributed by atoms with Gasteiger partial charge in [-0.05, 0) is 11.6 Å². The van der Waals surface area contributed by atoms with Gasteiger partial charge in [0.2, 0.25) is 5.24 Å². The summed E-state index contributed by atoms with van der Waals surface area (Å²) in [5, 5.41) is -1.38. The van der Waals surface area contributed by atoms with Gasteiger partial charge < -0.3 is 14.2 Å². The molecule has 0 aliphatic carbocycles. The molecule has 1 heterocycles. The monoisotopic (exact) mass is 474 g/mol. The topological polar surface area (TPSA) is 113 Å². The molecule has 8 nitrogen and oxygen atoms in total. The van der Waals surface area contributed by atoms with Crippen LogP contribution in [0.25, 0.3) is 0 Å². The first kappa shape index (κ1) is 29.8. The van der Waals surface area contributed by atoms with Gasteiger partial charge in [-0.3, -0.25) is 24.0 Å². The highest BCUT2D eigenvalue weighted by Crippen LogP contribution is 2.21. The average molecular weight is 475 g/mol. The molecular formula is C15H17ClF6O8. The Morgan fingerprint density at radius 2 is 1.37 bits per heavy atom. The van der Waals surface area contributed by atoms with E-state index in [1.807, 2.05) is 0 Å². The minimum atomic E-state index is -4.55. The molecule has 0 saturated carbocycles. The van der Waals surface area contributed by atoms with E-state index in [4.69, 9.17) is 0 Å². The fourth-order valence-electron chi connectivity index (χ4n) is 1.44. The van der Waals surface area contributed by atoms with Crippen LogP contribution in [0.3, 0.4) is 0 Å². The quantitative estimate of drug-likeness (QED) is 0.264. The second-order valence-corrected chi connectivity index (χ2v) is 6.18. The molecule has 0 spiro atoms. The van der Waals surface area contributed by atoms with Gasteiger partial charge in [-0.1, -0.05) is 0 Å². The van der Waals surface area contributed by atoms with E-state index in [0.29, 0.717) is 0 Å². The zero-order chi connectivity index (χ0) is 24.3. The van der Waals surface area contributed by atoms with Crippen LogP contribution in [0.4, 0.5) is 26.3 Å². The Morgan fingerprint density at radius 3 is 1.60 bits per heavy atom. The van der Waals surface area contributed by atoms with Crippen LogP contribution in [-0.2, 0) is 38.2 Å². The highest BCUT2D eigenvalue weighted by molar-refractivity contribution is 6.63. The van der Waals surface area contributed by atoms with Crippen LogP contribution in [0.1, 0.15) is 39.5 Å². The summed E-state index contributed by atoms with van der Waals surface area (Å²) >= 11 is 4.40. The maximum atomic E-state index is 11.5. The van der Waals surface area contributed by atoms with E-state index in [0.717, 1.165) is 7.11 Å². The van der Waals surface area contributed by atoms with Crippen LogP contribution < -0.4 is 0 Å². The minimum absolute atomic E-state index is 0.274. The summed E-state index contributed by atoms with van der Waals surface area (Å²) in [7, 11) is 1.00. The average Bonchev–Trinajstić information content (AvgIpc) is 2.40. The molecule has 1 fully saturated rings. The highest BCUT2D eigenvalue weighted by Gasteiger charge is 2.34. The van der Waals surface area contributed by atoms with Crippen LogP contribution in [0.2, 0.25) is 0 Å². The van der Waals surface area contributed by atoms with Crippen molar-refractivity contribution in [1.82, 2.24) is 0 Å². The lowest BCUT2D eigenvalue weighted by Gasteiger charge is -2.28. The number of hydrogen-bond acceptors (Lipinski definition) is 8. The predicted molar refractivity (Wildman–Crippen MR) is 84.7 cm³/mol. The number of rotatable bonds is 4. The third-order valence-electron chi connectivity index (χ3n) is 2.31. The minimum Gasteiger partial charge on any atom is -0.469 e. The predicted octanol–water partition coefficient (Wildman–Crippen LogP) is 2.99. The van der Waals surface area contributed by atoms with E-state index in [-0.39, 0.29) is 6.42 Å². The molecule has 0 amide bonds. The largest absolute Gasteiger partial charge is 0.469 e. The molecule has 0 N–H and O–H groups in total. The van der Waals surface area contributed by atoms with Gasteiger partial charge in [0.1, 0.15) is 25.7 Å². The first-order valence-corrected chi connectivity index (χ1v) is 7.98. The molecule has 0 unspecified atom stereocenters. The number of hydrogen-bond donors (Lipinski definition) is 0. The number of carbonyl (C=O) groups excluding carboxylic acids is 5. The van der Waals surface area contributed by atoms with Gasteiger partial charge in [0.15, 0.2) is 5.78 Å². The van der Waals surface area contributed by atoms with Gasteiger partial charge in [-0.25, -0.2) is 0 Å². The van der Waals surface area contributed by atoms with Crippen LogP contribution in [0.15, 0.2) is 0 Å². The van der Waals surface area contributed by atoms with Crippen molar-refractivity contribution in [3.63, 3.8) is 0 Å². The lowest BCUT2D eigenvalue weighted by molar-refractivity contribution is -0.231. The second-order valence-electron chi connectivity index (χ2n) is 5.76. The van der Waals surface area contributed by atoms with Crippen LogP contribution in [0, 0.1) is 0 Å². The van der Waals surface area contributed by atoms with Crippen molar-refractivity contribution in [2.75, 3.05) is 7.11 Å². The van der Waals surface area contributed by atoms with Crippen molar-refractivity contribution in [2.24, 2.45) is 0 Å². The van der Waals surface area contributed by atoms with Crippen molar-refractivity contribution in [1.29, 1.82) is 0 Å². The van der Waals surface area contributed by atoms with Crippen LogP contribution in [0.5, 0.6) is 0 Å². The number of esters is 3. The van der Waals surface area contributed by atoms with Crippen molar-refractivity contribution >= 4 is 40.5 Å². The SMILES string of the molecule is CC1(C)OC(=O)CC(=O)O1.COC(=O)CC(=O)CC(F)(F)F.O=C(Cl)CC(F)(F)F. The summed E-state index contributed by atoms with van der Waals surface area (Å²) in [6.07, 6.45) is -13.2. The number of Topliss-reactive ketones (excluding diaryl/α,β-unsaturated/α-hetero) is 1. The molecule has 0 radical (unpaired) electrons. The Morgan fingerprint density at radius 1 is 0.967 bits per heavy atom. The molecule has 0 aromatic rings. The number of halogens is 7. The normalized spacial score (nSPS) is 15.3. The highest BCUT2D eigenvalue weighted by atomic mass is 35.5. The third kappa shape index (κ3) is 20.4. The lowest BCUT2D eigenvalue weighted by atomic mass is 10.2. The van der Waals surface area contributed by atoms with Gasteiger partial charge in [0.05, 0.1) is 7.11 Å². The summed E-state index contributed by atoms with van der Waals surface area (Å²) in [4.78, 5) is 51.3. The maximum absolute atomic E-state index is 11.5. The second kappa shape index (κ2) is 12.3. The Labute approximate surface area is 170 Å². The number of ether oxygens (including phenoxy) is 3. The molecule has 0 aromatic heterocycles. The molecule has 0 bridgehead atoms. The van der Waals surface area contributed by atoms with E-state index in [9.17, 15) is 50.3 Å². The Kier molecular flexibility index (Phi) is 12.3. The molecule has 30 heavy (non-hydrogen) atoms. The summed E-state index contributed by atoms with van der Waals surface area (Å²) in [6, 6.07) is 0. The van der Waals surface area contributed by atoms with Gasteiger partial charge >= 0.3 is 30.3 Å². The molecule has 0 atom stereocenters. The third-order valence-corrected chi connectivity index (χ3v) is 2.45. The molecule has 1 saturated heterocycles. The molecular weight excluding hydrogens is 458 g/mol. The van der Waals surface area contributed by atoms with Gasteiger partial charge in [0.25, 0.3) is 5.79 Å². The molecule has 1 rings (SSSR count). The van der Waals surface area contributed by atoms with Gasteiger partial charge in [-0.15, -0.1) is 0 Å². The smallest absolute Gasteiger partial charge is 0.397 e. The number of methoxy groups -OCH3 is 1. The number of carbonyl (C=O) groups is 5. The Bertz CT molecular complexity index is 624. The molecule has 1 aliphatic rings. The zero-order valence-corrected chi connectivity index (χ0v) is 16.5. The standard InChI is InChI=1S/C6H7F3O3.C6H8O4.C3H2ClF3O/c1-12-5(11)2-4(10)3-6(7,8)9;1-6(2)9-4(7)3-5(8)10-6;4-2(8)1-3(5,6)7/h2-3H2,1H3;3H2,1-2H3;1H2. The number of cyclic esters (lactones) is 2. The van der Waals surface area contributed by atoms with Crippen molar-refractivity contribution in [3.8, 4) is 0 Å². The summed E-state index contributed by atoms with van der Waals surface area (Å²) < 4.78 is 80.8. The van der Waals surface area contributed by atoms with Gasteiger partial charge in [-0.2, -0.15) is 26.3 Å². The van der Waals surface area contributed by atoms with Crippen LogP contribution in [-0.4, -0.2) is 54.2 Å². The van der Waals surface area contributed by atoms with Crippen molar-refractivity contribution in [3.05, 3.63) is 0 Å². The van der Waals surface area contributed by atoms with E-state index >= 15 is 0 Å². The molecule has 174 valence electrons. The number of ketones is 1. The first-order chi connectivity index (χ1) is 13.3. The van der Waals surface area contributed by atoms with E-state index in [1.54, 1.807) is 0 Å². The van der Waals surface area contributed by atoms with Crippen LogP contribution >= 0.6 is 11.6 Å². The Hall–Kier alpha value is -2.38. The molecule has 1 aliphatic heterocycles. The Balaban J connectivity index is 0. The first-order valence-electron chi connectivity index (χ1n) is 7.60. The maximum Gasteiger partial charge on any atom is 0.397 e. The summed E-state index contributed by atoms with van der Waals surface area (Å²) in [5.41, 5.74) is 0. The molecule has 0 aromatic carbocycles. The summed E-state index contributed by atoms with van der Waals surface area (Å²) in [6.45, 7) is 3.03. The van der Waals surface area contributed by atoms with Gasteiger partial charge in [0, 0.05) is 13.8 Å². The summed E-state index contributed by atoms with van der Waals surface area (Å²) in [5.74, 6) is -4.27. The molecule has 15 heteroatoms. The number of alkyl halides is 6. The van der Waals surface area contributed by atoms with Crippen molar-refractivity contribution in [2.45, 2.75) is 57.7 Å². The van der Waals surface area contributed by atoms with E-state index < -0.39 is 66.3 Å². The fraction of sp³-hybridized carbons (Fsp3) is 0.667. The van der Waals surface area contributed by atoms with E-state index in [2.05, 4.69) is 25.8 Å². The lowest BCUT2D eigenvalue weighted by Crippen LogP contribution is -2.39. The van der Waals surface area contributed by atoms with Crippen molar-refractivity contribution < 1.29 is 64.5 Å². The zero-order valence-electron chi connectivity index (χ0n) is 15.7.